The van der Waals surface area contributed by atoms with Crippen LogP contribution in [0.25, 0.3) is 11.2 Å². The van der Waals surface area contributed by atoms with Crippen LogP contribution in [0.1, 0.15) is 17.0 Å². The predicted molar refractivity (Wildman–Crippen MR) is 65.9 cm³/mol. The molecule has 1 aromatic carbocycles. The van der Waals surface area contributed by atoms with E-state index >= 15 is 0 Å². The minimum Gasteiger partial charge on any atom is -0.329 e. The first-order chi connectivity index (χ1) is 9.52. The molecule has 0 radical (unpaired) electrons. The quantitative estimate of drug-likeness (QED) is 0.784. The Labute approximate surface area is 111 Å². The zero-order valence-electron chi connectivity index (χ0n) is 10.1. The summed E-state index contributed by atoms with van der Waals surface area (Å²) in [5.41, 5.74) is 1.04. The van der Waals surface area contributed by atoms with Crippen molar-refractivity contribution in [1.29, 1.82) is 0 Å². The standard InChI is InChI=1S/C13H9F3N4/c14-13(15,16)9-3-1-2-8(4-9)5-11-17-6-10-12(20-11)19-7-18-10/h1-4,6-7H,5H2,(H,17,18,19,20). The molecule has 0 fully saturated rings. The summed E-state index contributed by atoms with van der Waals surface area (Å²) in [5.74, 6) is 0.445. The highest BCUT2D eigenvalue weighted by Gasteiger charge is 2.30. The van der Waals surface area contributed by atoms with Crippen molar-refractivity contribution in [3.63, 3.8) is 0 Å². The van der Waals surface area contributed by atoms with Crippen molar-refractivity contribution >= 4 is 11.2 Å². The van der Waals surface area contributed by atoms with Gasteiger partial charge in [-0.05, 0) is 11.6 Å². The first kappa shape index (κ1) is 12.6. The van der Waals surface area contributed by atoms with Crippen LogP contribution in [0.2, 0.25) is 0 Å². The number of nitrogens with one attached hydrogen (secondary N) is 1. The van der Waals surface area contributed by atoms with Crippen molar-refractivity contribution in [2.75, 3.05) is 0 Å². The van der Waals surface area contributed by atoms with E-state index < -0.39 is 11.7 Å². The summed E-state index contributed by atoms with van der Waals surface area (Å²) in [4.78, 5) is 15.1. The van der Waals surface area contributed by atoms with Gasteiger partial charge >= 0.3 is 6.18 Å². The van der Waals surface area contributed by atoms with Gasteiger partial charge in [0.2, 0.25) is 0 Å². The van der Waals surface area contributed by atoms with Crippen molar-refractivity contribution < 1.29 is 13.2 Å². The zero-order chi connectivity index (χ0) is 14.2. The minimum atomic E-state index is -4.34. The summed E-state index contributed by atoms with van der Waals surface area (Å²) in [6, 6.07) is 5.16. The highest BCUT2D eigenvalue weighted by atomic mass is 19.4. The monoisotopic (exact) mass is 278 g/mol. The molecular weight excluding hydrogens is 269 g/mol. The number of halogens is 3. The molecule has 0 saturated carbocycles. The summed E-state index contributed by atoms with van der Waals surface area (Å²) in [5, 5.41) is 0. The minimum absolute atomic E-state index is 0.235. The van der Waals surface area contributed by atoms with Crippen LogP contribution in [0, 0.1) is 0 Å². The van der Waals surface area contributed by atoms with Crippen LogP contribution in [-0.4, -0.2) is 19.9 Å². The van der Waals surface area contributed by atoms with Crippen molar-refractivity contribution in [2.45, 2.75) is 12.6 Å². The van der Waals surface area contributed by atoms with Crippen LogP contribution in [0.5, 0.6) is 0 Å². The van der Waals surface area contributed by atoms with E-state index in [2.05, 4.69) is 19.9 Å². The normalized spacial score (nSPS) is 11.9. The maximum Gasteiger partial charge on any atom is 0.416 e. The molecule has 7 heteroatoms. The predicted octanol–water partition coefficient (Wildman–Crippen LogP) is 2.96. The largest absolute Gasteiger partial charge is 0.416 e. The summed E-state index contributed by atoms with van der Waals surface area (Å²) in [6.45, 7) is 0. The van der Waals surface area contributed by atoms with Crippen molar-refractivity contribution in [2.24, 2.45) is 0 Å². The smallest absolute Gasteiger partial charge is 0.329 e. The number of nitrogens with zero attached hydrogens (tertiary/aromatic N) is 3. The summed E-state index contributed by atoms with van der Waals surface area (Å²) in [7, 11) is 0. The number of hydrogen-bond acceptors (Lipinski definition) is 3. The van der Waals surface area contributed by atoms with E-state index in [1.807, 2.05) is 0 Å². The van der Waals surface area contributed by atoms with Gasteiger partial charge in [0.15, 0.2) is 5.65 Å². The molecule has 4 nitrogen and oxygen atoms in total. The second kappa shape index (κ2) is 4.59. The second-order valence-electron chi connectivity index (χ2n) is 4.30. The number of alkyl halides is 3. The van der Waals surface area contributed by atoms with Crippen LogP contribution in [0.3, 0.4) is 0 Å². The third-order valence-electron chi connectivity index (χ3n) is 2.84. The third-order valence-corrected chi connectivity index (χ3v) is 2.84. The molecule has 0 aliphatic carbocycles. The van der Waals surface area contributed by atoms with Gasteiger partial charge in [-0.2, -0.15) is 13.2 Å². The van der Waals surface area contributed by atoms with Gasteiger partial charge in [0.1, 0.15) is 11.3 Å². The van der Waals surface area contributed by atoms with Gasteiger partial charge in [-0.3, -0.25) is 0 Å². The van der Waals surface area contributed by atoms with Crippen LogP contribution in [0.4, 0.5) is 13.2 Å². The molecule has 2 aromatic heterocycles. The number of benzene rings is 1. The third kappa shape index (κ3) is 2.47. The lowest BCUT2D eigenvalue weighted by molar-refractivity contribution is -0.137. The zero-order valence-corrected chi connectivity index (χ0v) is 10.1. The van der Waals surface area contributed by atoms with Crippen LogP contribution in [-0.2, 0) is 12.6 Å². The van der Waals surface area contributed by atoms with E-state index in [0.29, 0.717) is 22.6 Å². The van der Waals surface area contributed by atoms with Gasteiger partial charge < -0.3 is 4.98 Å². The average Bonchev–Trinajstić information content (AvgIpc) is 2.85. The Bertz CT molecular complexity index is 748. The molecule has 3 rings (SSSR count). The Morgan fingerprint density at radius 2 is 2.00 bits per heavy atom. The fraction of sp³-hybridized carbons (Fsp3) is 0.154. The number of fused-ring (bicyclic) bond motifs is 1. The Hall–Kier alpha value is -2.44. The first-order valence-electron chi connectivity index (χ1n) is 5.83. The van der Waals surface area contributed by atoms with Crippen LogP contribution < -0.4 is 0 Å². The Morgan fingerprint density at radius 3 is 2.80 bits per heavy atom. The molecule has 0 atom stereocenters. The van der Waals surface area contributed by atoms with Gasteiger partial charge in [-0.25, -0.2) is 15.0 Å². The van der Waals surface area contributed by atoms with Gasteiger partial charge in [0.05, 0.1) is 18.1 Å². The molecule has 102 valence electrons. The number of H-pyrrole nitrogens is 1. The van der Waals surface area contributed by atoms with Gasteiger partial charge in [-0.15, -0.1) is 0 Å². The highest BCUT2D eigenvalue weighted by molar-refractivity contribution is 5.68. The van der Waals surface area contributed by atoms with Gasteiger partial charge in [0, 0.05) is 6.42 Å². The van der Waals surface area contributed by atoms with E-state index in [0.717, 1.165) is 12.1 Å². The van der Waals surface area contributed by atoms with Crippen molar-refractivity contribution in [1.82, 2.24) is 19.9 Å². The summed E-state index contributed by atoms with van der Waals surface area (Å²) < 4.78 is 37.9. The molecule has 0 aliphatic rings. The summed E-state index contributed by atoms with van der Waals surface area (Å²) in [6.07, 6.45) is -1.07. The number of aromatic nitrogens is 4. The maximum absolute atomic E-state index is 12.6. The molecule has 2 heterocycles. The topological polar surface area (TPSA) is 54.5 Å². The van der Waals surface area contributed by atoms with Crippen LogP contribution in [0.15, 0.2) is 36.8 Å². The molecule has 3 aromatic rings. The molecule has 20 heavy (non-hydrogen) atoms. The lowest BCUT2D eigenvalue weighted by Gasteiger charge is -2.08. The summed E-state index contributed by atoms with van der Waals surface area (Å²) >= 11 is 0. The first-order valence-corrected chi connectivity index (χ1v) is 5.83. The molecule has 0 aliphatic heterocycles. The van der Waals surface area contributed by atoms with Crippen LogP contribution >= 0.6 is 0 Å². The van der Waals surface area contributed by atoms with E-state index in [1.54, 1.807) is 12.3 Å². The molecule has 0 amide bonds. The lowest BCUT2D eigenvalue weighted by Crippen LogP contribution is -2.06. The van der Waals surface area contributed by atoms with Crippen molar-refractivity contribution in [3.05, 3.63) is 53.7 Å². The number of imidazole rings is 1. The Morgan fingerprint density at radius 1 is 1.15 bits per heavy atom. The van der Waals surface area contributed by atoms with E-state index in [4.69, 9.17) is 0 Å². The number of aromatic amines is 1. The Kier molecular flexibility index (Phi) is 2.89. The molecule has 0 saturated heterocycles. The van der Waals surface area contributed by atoms with Gasteiger partial charge in [0.25, 0.3) is 0 Å². The molecule has 0 spiro atoms. The lowest BCUT2D eigenvalue weighted by atomic mass is 10.1. The maximum atomic E-state index is 12.6. The molecular formula is C13H9F3N4. The second-order valence-corrected chi connectivity index (χ2v) is 4.30. The molecule has 1 N–H and O–H groups in total. The fourth-order valence-electron chi connectivity index (χ4n) is 1.90. The average molecular weight is 278 g/mol. The molecule has 0 bridgehead atoms. The van der Waals surface area contributed by atoms with Crippen molar-refractivity contribution in [3.8, 4) is 0 Å². The van der Waals surface area contributed by atoms with E-state index in [-0.39, 0.29) is 6.42 Å². The van der Waals surface area contributed by atoms with Gasteiger partial charge in [-0.1, -0.05) is 18.2 Å². The fourth-order valence-corrected chi connectivity index (χ4v) is 1.90. The highest BCUT2D eigenvalue weighted by Crippen LogP contribution is 2.29. The SMILES string of the molecule is FC(F)(F)c1cccc(Cc2ncc3nc[nH]c3n2)c1. The van der Waals surface area contributed by atoms with E-state index in [9.17, 15) is 13.2 Å². The van der Waals surface area contributed by atoms with E-state index in [1.165, 1.54) is 12.4 Å². The number of rotatable bonds is 2. The molecule has 0 unspecified atom stereocenters. The number of hydrogen-bond donors (Lipinski definition) is 1. The Balaban J connectivity index is 1.90.